The Balaban J connectivity index is 2.69. The third-order valence-corrected chi connectivity index (χ3v) is 2.49. The van der Waals surface area contributed by atoms with Crippen LogP contribution >= 0.6 is 11.3 Å². The summed E-state index contributed by atoms with van der Waals surface area (Å²) in [5, 5.41) is 12.2. The number of hydrogen-bond donors (Lipinski definition) is 0. The van der Waals surface area contributed by atoms with E-state index in [-0.39, 0.29) is 12.5 Å². The van der Waals surface area contributed by atoms with Gasteiger partial charge < -0.3 is 4.90 Å². The molecule has 0 saturated carbocycles. The van der Waals surface area contributed by atoms with Crippen molar-refractivity contribution in [2.24, 2.45) is 0 Å². The molecule has 0 aliphatic rings. The van der Waals surface area contributed by atoms with E-state index < -0.39 is 0 Å². The van der Waals surface area contributed by atoms with Crippen LogP contribution in [0.15, 0.2) is 16.8 Å². The monoisotopic (exact) mass is 208 g/mol. The van der Waals surface area contributed by atoms with Crippen LogP contribution in [-0.2, 0) is 0 Å². The van der Waals surface area contributed by atoms with Gasteiger partial charge >= 0.3 is 0 Å². The fraction of sp³-hybridized carbons (Fsp3) is 0.400. The Labute approximate surface area is 87.6 Å². The summed E-state index contributed by atoms with van der Waals surface area (Å²) in [5.41, 5.74) is 0.679. The highest BCUT2D eigenvalue weighted by Gasteiger charge is 2.14. The highest BCUT2D eigenvalue weighted by Crippen LogP contribution is 2.09. The number of amides is 1. The molecule has 0 atom stereocenters. The van der Waals surface area contributed by atoms with Crippen molar-refractivity contribution in [1.82, 2.24) is 4.90 Å². The number of nitriles is 1. The Morgan fingerprint density at radius 2 is 2.50 bits per heavy atom. The quantitative estimate of drug-likeness (QED) is 0.711. The zero-order chi connectivity index (χ0) is 10.4. The van der Waals surface area contributed by atoms with Crippen molar-refractivity contribution in [2.75, 3.05) is 13.1 Å². The Kier molecular flexibility index (Phi) is 4.14. The first-order valence-corrected chi connectivity index (χ1v) is 5.42. The van der Waals surface area contributed by atoms with Crippen LogP contribution in [0.5, 0.6) is 0 Å². The van der Waals surface area contributed by atoms with Crippen LogP contribution in [0.2, 0.25) is 0 Å². The molecule has 1 heterocycles. The summed E-state index contributed by atoms with van der Waals surface area (Å²) in [6.07, 6.45) is 0.873. The lowest BCUT2D eigenvalue weighted by molar-refractivity contribution is 0.0776. The summed E-state index contributed by atoms with van der Waals surface area (Å²) in [7, 11) is 0. The fourth-order valence-electron chi connectivity index (χ4n) is 1.18. The topological polar surface area (TPSA) is 44.1 Å². The maximum Gasteiger partial charge on any atom is 0.255 e. The maximum absolute atomic E-state index is 11.8. The van der Waals surface area contributed by atoms with Crippen LogP contribution < -0.4 is 0 Å². The van der Waals surface area contributed by atoms with E-state index in [1.807, 2.05) is 23.8 Å². The summed E-state index contributed by atoms with van der Waals surface area (Å²) >= 11 is 1.49. The van der Waals surface area contributed by atoms with Gasteiger partial charge in [0.15, 0.2) is 0 Å². The van der Waals surface area contributed by atoms with E-state index in [0.29, 0.717) is 12.1 Å². The third-order valence-electron chi connectivity index (χ3n) is 1.81. The number of nitrogens with zero attached hydrogens (tertiary/aromatic N) is 2. The molecular formula is C10H12N2OS. The van der Waals surface area contributed by atoms with Crippen LogP contribution in [-0.4, -0.2) is 23.9 Å². The van der Waals surface area contributed by atoms with E-state index in [9.17, 15) is 4.79 Å². The molecule has 1 aromatic rings. The van der Waals surface area contributed by atoms with Crippen LogP contribution in [0.4, 0.5) is 0 Å². The second-order valence-electron chi connectivity index (χ2n) is 2.90. The molecule has 0 bridgehead atoms. The zero-order valence-corrected chi connectivity index (χ0v) is 8.88. The summed E-state index contributed by atoms with van der Waals surface area (Å²) in [4.78, 5) is 13.3. The predicted octanol–water partition coefficient (Wildman–Crippen LogP) is 2.12. The maximum atomic E-state index is 11.8. The minimum atomic E-state index is -0.0466. The zero-order valence-electron chi connectivity index (χ0n) is 8.06. The second-order valence-corrected chi connectivity index (χ2v) is 3.68. The number of hydrogen-bond acceptors (Lipinski definition) is 3. The van der Waals surface area contributed by atoms with Crippen molar-refractivity contribution >= 4 is 17.2 Å². The van der Waals surface area contributed by atoms with Gasteiger partial charge in [-0.3, -0.25) is 4.79 Å². The molecule has 0 radical (unpaired) electrons. The van der Waals surface area contributed by atoms with Crippen molar-refractivity contribution in [3.63, 3.8) is 0 Å². The lowest BCUT2D eigenvalue weighted by Crippen LogP contribution is -2.31. The van der Waals surface area contributed by atoms with Crippen molar-refractivity contribution in [3.8, 4) is 6.07 Å². The molecule has 74 valence electrons. The lowest BCUT2D eigenvalue weighted by atomic mass is 10.3. The molecule has 1 aromatic heterocycles. The van der Waals surface area contributed by atoms with Crippen molar-refractivity contribution in [3.05, 3.63) is 22.4 Å². The second kappa shape index (κ2) is 5.40. The first-order chi connectivity index (χ1) is 6.79. The lowest BCUT2D eigenvalue weighted by Gasteiger charge is -2.17. The Morgan fingerprint density at radius 1 is 1.71 bits per heavy atom. The molecule has 0 aliphatic carbocycles. The summed E-state index contributed by atoms with van der Waals surface area (Å²) in [6.45, 7) is 2.80. The van der Waals surface area contributed by atoms with Gasteiger partial charge in [0.25, 0.3) is 5.91 Å². The highest BCUT2D eigenvalue weighted by molar-refractivity contribution is 7.08. The average Bonchev–Trinajstić information content (AvgIpc) is 2.69. The Hall–Kier alpha value is -1.34. The van der Waals surface area contributed by atoms with Crippen molar-refractivity contribution in [2.45, 2.75) is 13.3 Å². The molecule has 14 heavy (non-hydrogen) atoms. The Bertz CT molecular complexity index is 326. The van der Waals surface area contributed by atoms with Crippen LogP contribution in [0.1, 0.15) is 23.7 Å². The van der Waals surface area contributed by atoms with Gasteiger partial charge in [0.2, 0.25) is 0 Å². The molecule has 0 fully saturated rings. The summed E-state index contributed by atoms with van der Waals surface area (Å²) in [5.74, 6) is -0.0466. The van der Waals surface area contributed by atoms with E-state index in [1.165, 1.54) is 11.3 Å². The third kappa shape index (κ3) is 2.57. The minimum absolute atomic E-state index is 0.0466. The largest absolute Gasteiger partial charge is 0.325 e. The van der Waals surface area contributed by atoms with Crippen LogP contribution in [0.3, 0.4) is 0 Å². The molecule has 1 amide bonds. The number of carbonyl (C=O) groups excluding carboxylic acids is 1. The highest BCUT2D eigenvalue weighted by atomic mass is 32.1. The van der Waals surface area contributed by atoms with E-state index in [2.05, 4.69) is 0 Å². The van der Waals surface area contributed by atoms with Gasteiger partial charge in [-0.1, -0.05) is 6.92 Å². The summed E-state index contributed by atoms with van der Waals surface area (Å²) < 4.78 is 0. The van der Waals surface area contributed by atoms with Crippen LogP contribution in [0, 0.1) is 11.3 Å². The van der Waals surface area contributed by atoms with Gasteiger partial charge in [0, 0.05) is 11.9 Å². The first-order valence-electron chi connectivity index (χ1n) is 4.48. The number of carbonyl (C=O) groups is 1. The van der Waals surface area contributed by atoms with Gasteiger partial charge in [0.1, 0.15) is 6.54 Å². The van der Waals surface area contributed by atoms with Gasteiger partial charge in [-0.2, -0.15) is 16.6 Å². The molecule has 0 saturated heterocycles. The van der Waals surface area contributed by atoms with Crippen LogP contribution in [0.25, 0.3) is 0 Å². The van der Waals surface area contributed by atoms with E-state index >= 15 is 0 Å². The average molecular weight is 208 g/mol. The van der Waals surface area contributed by atoms with Crippen molar-refractivity contribution < 1.29 is 4.79 Å². The fourth-order valence-corrected chi connectivity index (χ4v) is 1.81. The molecule has 0 spiro atoms. The molecule has 0 N–H and O–H groups in total. The SMILES string of the molecule is CCCN(CC#N)C(=O)c1ccsc1. The molecular weight excluding hydrogens is 196 g/mol. The smallest absolute Gasteiger partial charge is 0.255 e. The predicted molar refractivity (Wildman–Crippen MR) is 56.1 cm³/mol. The van der Waals surface area contributed by atoms with Crippen molar-refractivity contribution in [1.29, 1.82) is 5.26 Å². The van der Waals surface area contributed by atoms with E-state index in [4.69, 9.17) is 5.26 Å². The van der Waals surface area contributed by atoms with Gasteiger partial charge in [-0.15, -0.1) is 0 Å². The molecule has 4 heteroatoms. The van der Waals surface area contributed by atoms with E-state index in [0.717, 1.165) is 6.42 Å². The molecule has 1 rings (SSSR count). The standard InChI is InChI=1S/C10H12N2OS/c1-2-5-12(6-4-11)10(13)9-3-7-14-8-9/h3,7-8H,2,5-6H2,1H3. The van der Waals surface area contributed by atoms with E-state index in [1.54, 1.807) is 11.0 Å². The molecule has 0 unspecified atom stereocenters. The molecule has 3 nitrogen and oxygen atoms in total. The minimum Gasteiger partial charge on any atom is -0.325 e. The van der Waals surface area contributed by atoms with Gasteiger partial charge in [-0.25, -0.2) is 0 Å². The normalized spacial score (nSPS) is 9.43. The molecule has 0 aromatic carbocycles. The summed E-state index contributed by atoms with van der Waals surface area (Å²) in [6, 6.07) is 3.79. The van der Waals surface area contributed by atoms with Gasteiger partial charge in [-0.05, 0) is 17.9 Å². The number of thiophene rings is 1. The van der Waals surface area contributed by atoms with Gasteiger partial charge in [0.05, 0.1) is 11.6 Å². The number of rotatable bonds is 4. The Morgan fingerprint density at radius 3 is 3.00 bits per heavy atom. The first kappa shape index (κ1) is 10.7. The molecule has 0 aliphatic heterocycles.